The predicted octanol–water partition coefficient (Wildman–Crippen LogP) is 3.62. The third-order valence-corrected chi connectivity index (χ3v) is 3.71. The molecule has 6 heteroatoms. The second-order valence-corrected chi connectivity index (χ2v) is 6.18. The number of amides is 2. The minimum atomic E-state index is -0.441. The van der Waals surface area contributed by atoms with E-state index in [1.165, 1.54) is 0 Å². The Bertz CT molecular complexity index is 747. The van der Waals surface area contributed by atoms with Crippen LogP contribution in [0.5, 0.6) is 5.75 Å². The lowest BCUT2D eigenvalue weighted by Crippen LogP contribution is -2.41. The number of hydrogen-bond acceptors (Lipinski definition) is 3. The molecule has 0 radical (unpaired) electrons. The van der Waals surface area contributed by atoms with E-state index in [2.05, 4.69) is 26.8 Å². The van der Waals surface area contributed by atoms with Gasteiger partial charge in [-0.25, -0.2) is 0 Å². The van der Waals surface area contributed by atoms with Gasteiger partial charge in [0.2, 0.25) is 0 Å². The smallest absolute Gasteiger partial charge is 0.273 e. The van der Waals surface area contributed by atoms with E-state index in [0.29, 0.717) is 23.5 Å². The molecule has 24 heavy (non-hydrogen) atoms. The second kappa shape index (κ2) is 8.49. The van der Waals surface area contributed by atoms with Crippen molar-refractivity contribution in [2.24, 2.45) is 0 Å². The largest absolute Gasteiger partial charge is 0.493 e. The molecule has 2 aromatic rings. The summed E-state index contributed by atoms with van der Waals surface area (Å²) in [6.07, 6.45) is 0.835. The van der Waals surface area contributed by atoms with E-state index in [1.54, 1.807) is 36.4 Å². The van der Waals surface area contributed by atoms with Gasteiger partial charge in [0.05, 0.1) is 12.2 Å². The zero-order valence-electron chi connectivity index (χ0n) is 13.6. The van der Waals surface area contributed by atoms with Crippen molar-refractivity contribution < 1.29 is 14.3 Å². The van der Waals surface area contributed by atoms with E-state index < -0.39 is 5.91 Å². The molecule has 2 amide bonds. The van der Waals surface area contributed by atoms with Crippen molar-refractivity contribution in [3.8, 4) is 5.75 Å². The van der Waals surface area contributed by atoms with Crippen LogP contribution in [0.3, 0.4) is 0 Å². The Hall–Kier alpha value is -2.34. The topological polar surface area (TPSA) is 67.4 Å². The van der Waals surface area contributed by atoms with Gasteiger partial charge in [-0.1, -0.05) is 40.5 Å². The number of benzene rings is 2. The molecular formula is C18H19BrN2O3. The van der Waals surface area contributed by atoms with Crippen LogP contribution in [0.4, 0.5) is 0 Å². The minimum Gasteiger partial charge on any atom is -0.493 e. The van der Waals surface area contributed by atoms with Gasteiger partial charge in [-0.05, 0) is 43.7 Å². The number of carbonyl (C=O) groups excluding carboxylic acids is 2. The van der Waals surface area contributed by atoms with Gasteiger partial charge in [-0.3, -0.25) is 20.4 Å². The molecule has 0 saturated heterocycles. The monoisotopic (exact) mass is 390 g/mol. The first kappa shape index (κ1) is 18.0. The van der Waals surface area contributed by atoms with Crippen molar-refractivity contribution >= 4 is 27.7 Å². The van der Waals surface area contributed by atoms with Crippen molar-refractivity contribution in [1.29, 1.82) is 0 Å². The van der Waals surface area contributed by atoms with Crippen molar-refractivity contribution in [3.05, 3.63) is 63.6 Å². The SMILES string of the molecule is CCCOc1ccc(Br)cc1C(=O)NNC(=O)c1cccc(C)c1. The number of nitrogens with one attached hydrogen (secondary N) is 2. The third kappa shape index (κ3) is 4.83. The summed E-state index contributed by atoms with van der Waals surface area (Å²) < 4.78 is 6.33. The van der Waals surface area contributed by atoms with Gasteiger partial charge in [0.1, 0.15) is 5.75 Å². The van der Waals surface area contributed by atoms with Gasteiger partial charge in [-0.2, -0.15) is 0 Å². The number of aryl methyl sites for hydroxylation is 1. The molecule has 0 unspecified atom stereocenters. The first-order valence-corrected chi connectivity index (χ1v) is 8.40. The molecule has 0 bridgehead atoms. The summed E-state index contributed by atoms with van der Waals surface area (Å²) in [6.45, 7) is 4.40. The van der Waals surface area contributed by atoms with Crippen LogP contribution in [0.2, 0.25) is 0 Å². The molecule has 0 saturated carbocycles. The van der Waals surface area contributed by atoms with Crippen LogP contribution in [0.25, 0.3) is 0 Å². The fourth-order valence-corrected chi connectivity index (χ4v) is 2.42. The molecule has 0 fully saturated rings. The van der Waals surface area contributed by atoms with E-state index in [1.807, 2.05) is 19.9 Å². The molecule has 126 valence electrons. The number of hydrazine groups is 1. The van der Waals surface area contributed by atoms with Gasteiger partial charge in [0, 0.05) is 10.0 Å². The Kier molecular flexibility index (Phi) is 6.37. The Morgan fingerprint density at radius 2 is 1.83 bits per heavy atom. The standard InChI is InChI=1S/C18H19BrN2O3/c1-3-9-24-16-8-7-14(19)11-15(16)18(23)21-20-17(22)13-6-4-5-12(2)10-13/h4-8,10-11H,3,9H2,1-2H3,(H,20,22)(H,21,23). The molecule has 0 aromatic heterocycles. The number of halogens is 1. The normalized spacial score (nSPS) is 10.1. The van der Waals surface area contributed by atoms with Gasteiger partial charge < -0.3 is 4.74 Å². The van der Waals surface area contributed by atoms with Gasteiger partial charge in [-0.15, -0.1) is 0 Å². The zero-order valence-corrected chi connectivity index (χ0v) is 15.1. The van der Waals surface area contributed by atoms with Crippen LogP contribution in [-0.2, 0) is 0 Å². The maximum Gasteiger partial charge on any atom is 0.273 e. The summed E-state index contributed by atoms with van der Waals surface area (Å²) in [4.78, 5) is 24.4. The highest BCUT2D eigenvalue weighted by molar-refractivity contribution is 9.10. The maximum absolute atomic E-state index is 12.4. The quantitative estimate of drug-likeness (QED) is 0.766. The van der Waals surface area contributed by atoms with Crippen LogP contribution >= 0.6 is 15.9 Å². The highest BCUT2D eigenvalue weighted by atomic mass is 79.9. The van der Waals surface area contributed by atoms with Crippen molar-refractivity contribution in [2.75, 3.05) is 6.61 Å². The number of carbonyl (C=O) groups is 2. The van der Waals surface area contributed by atoms with Crippen molar-refractivity contribution in [2.45, 2.75) is 20.3 Å². The second-order valence-electron chi connectivity index (χ2n) is 5.27. The lowest BCUT2D eigenvalue weighted by Gasteiger charge is -2.12. The Morgan fingerprint density at radius 3 is 2.54 bits per heavy atom. The summed E-state index contributed by atoms with van der Waals surface area (Å²) in [7, 11) is 0. The average Bonchev–Trinajstić information content (AvgIpc) is 2.58. The molecule has 2 aromatic carbocycles. The van der Waals surface area contributed by atoms with E-state index in [9.17, 15) is 9.59 Å². The first-order valence-electron chi connectivity index (χ1n) is 7.61. The van der Waals surface area contributed by atoms with Crippen molar-refractivity contribution in [1.82, 2.24) is 10.9 Å². The molecule has 0 atom stereocenters. The van der Waals surface area contributed by atoms with E-state index in [0.717, 1.165) is 16.5 Å². The lowest BCUT2D eigenvalue weighted by atomic mass is 10.1. The Balaban J connectivity index is 2.06. The van der Waals surface area contributed by atoms with Crippen molar-refractivity contribution in [3.63, 3.8) is 0 Å². The molecule has 0 heterocycles. The van der Waals surface area contributed by atoms with Crippen LogP contribution in [0.15, 0.2) is 46.9 Å². The molecule has 2 rings (SSSR count). The highest BCUT2D eigenvalue weighted by Crippen LogP contribution is 2.23. The maximum atomic E-state index is 12.4. The summed E-state index contributed by atoms with van der Waals surface area (Å²) >= 11 is 3.33. The van der Waals surface area contributed by atoms with Crippen LogP contribution in [-0.4, -0.2) is 18.4 Å². The van der Waals surface area contributed by atoms with E-state index in [4.69, 9.17) is 4.74 Å². The third-order valence-electron chi connectivity index (χ3n) is 3.22. The fourth-order valence-electron chi connectivity index (χ4n) is 2.06. The lowest BCUT2D eigenvalue weighted by molar-refractivity contribution is 0.0844. The molecule has 0 aliphatic carbocycles. The van der Waals surface area contributed by atoms with Gasteiger partial charge in [0.15, 0.2) is 0 Å². The summed E-state index contributed by atoms with van der Waals surface area (Å²) in [5.74, 6) is -0.344. The Morgan fingerprint density at radius 1 is 1.08 bits per heavy atom. The van der Waals surface area contributed by atoms with Crippen LogP contribution in [0, 0.1) is 6.92 Å². The highest BCUT2D eigenvalue weighted by Gasteiger charge is 2.14. The van der Waals surface area contributed by atoms with E-state index >= 15 is 0 Å². The fraction of sp³-hybridized carbons (Fsp3) is 0.222. The van der Waals surface area contributed by atoms with E-state index in [-0.39, 0.29) is 5.91 Å². The molecule has 5 nitrogen and oxygen atoms in total. The van der Waals surface area contributed by atoms with Gasteiger partial charge >= 0.3 is 0 Å². The predicted molar refractivity (Wildman–Crippen MR) is 96.0 cm³/mol. The first-order chi connectivity index (χ1) is 11.5. The number of ether oxygens (including phenoxy) is 1. The van der Waals surface area contributed by atoms with Crippen LogP contribution in [0.1, 0.15) is 39.6 Å². The number of hydrogen-bond donors (Lipinski definition) is 2. The van der Waals surface area contributed by atoms with Crippen LogP contribution < -0.4 is 15.6 Å². The Labute approximate surface area is 149 Å². The number of rotatable bonds is 5. The van der Waals surface area contributed by atoms with Gasteiger partial charge in [0.25, 0.3) is 11.8 Å². The molecule has 0 spiro atoms. The molecular weight excluding hydrogens is 372 g/mol. The average molecular weight is 391 g/mol. The zero-order chi connectivity index (χ0) is 17.5. The molecule has 0 aliphatic rings. The molecule has 0 aliphatic heterocycles. The summed E-state index contributed by atoms with van der Waals surface area (Å²) in [5, 5.41) is 0. The summed E-state index contributed by atoms with van der Waals surface area (Å²) in [5.41, 5.74) is 6.64. The minimum absolute atomic E-state index is 0.349. The molecule has 2 N–H and O–H groups in total. The summed E-state index contributed by atoms with van der Waals surface area (Å²) in [6, 6.07) is 12.3.